The third-order valence-electron chi connectivity index (χ3n) is 13.5. The first kappa shape index (κ1) is 34.1. The molecular formula is C52H45BN2O2Si. The maximum absolute atomic E-state index is 7.11. The van der Waals surface area contributed by atoms with E-state index in [4.69, 9.17) is 8.83 Å². The van der Waals surface area contributed by atoms with E-state index in [9.17, 15) is 0 Å². The van der Waals surface area contributed by atoms with Crippen LogP contribution in [0, 0.1) is 0 Å². The van der Waals surface area contributed by atoms with Crippen molar-refractivity contribution in [3.63, 3.8) is 0 Å². The van der Waals surface area contributed by atoms with Gasteiger partial charge in [-0.1, -0.05) is 156 Å². The molecule has 0 bridgehead atoms. The molecule has 0 saturated heterocycles. The summed E-state index contributed by atoms with van der Waals surface area (Å²) in [6, 6.07) is 47.7. The zero-order chi connectivity index (χ0) is 39.6. The second-order valence-electron chi connectivity index (χ2n) is 19.3. The molecule has 0 saturated carbocycles. The smallest absolute Gasteiger partial charge is 0.251 e. The summed E-state index contributed by atoms with van der Waals surface area (Å²) in [5.41, 5.74) is 17.3. The molecule has 0 amide bonds. The standard InChI is InChI=1S/C52H45BN2O2Si/c1-51(2,3)34-20-9-16-30-32-18-11-26-40(49(32)56-47(30)34)54-36-22-13-23-37-44(36)53-45-38(54)24-14-28-42(45)58(7,8)43-29-15-25-39(46(43)53)55(37)41-27-12-19-33-31-17-10-21-35(52(4,5)6)48(31)57-50(33)41/h9-29H,1-8H3. The maximum Gasteiger partial charge on any atom is 0.251 e. The van der Waals surface area contributed by atoms with Gasteiger partial charge in [0.2, 0.25) is 0 Å². The molecule has 58 heavy (non-hydrogen) atoms. The summed E-state index contributed by atoms with van der Waals surface area (Å²) < 4.78 is 14.2. The monoisotopic (exact) mass is 768 g/mol. The highest BCUT2D eigenvalue weighted by Crippen LogP contribution is 2.49. The average Bonchev–Trinajstić information content (AvgIpc) is 3.78. The summed E-state index contributed by atoms with van der Waals surface area (Å²) in [7, 11) is -2.19. The second-order valence-corrected chi connectivity index (χ2v) is 23.6. The third-order valence-corrected chi connectivity index (χ3v) is 17.1. The van der Waals surface area contributed by atoms with Gasteiger partial charge in [-0.2, -0.15) is 0 Å². The lowest BCUT2D eigenvalue weighted by atomic mass is 9.33. The fourth-order valence-electron chi connectivity index (χ4n) is 10.9. The molecular weight excluding hydrogens is 723 g/mol. The van der Waals surface area contributed by atoms with Gasteiger partial charge in [-0.15, -0.1) is 0 Å². The van der Waals surface area contributed by atoms with Gasteiger partial charge in [0.1, 0.15) is 19.2 Å². The van der Waals surface area contributed by atoms with Crippen molar-refractivity contribution >= 4 is 120 Å². The Morgan fingerprint density at radius 1 is 0.397 bits per heavy atom. The Kier molecular flexibility index (Phi) is 6.55. The minimum atomic E-state index is -2.19. The van der Waals surface area contributed by atoms with E-state index < -0.39 is 8.07 Å². The van der Waals surface area contributed by atoms with Crippen LogP contribution in [-0.4, -0.2) is 14.8 Å². The van der Waals surface area contributed by atoms with Crippen LogP contribution in [-0.2, 0) is 10.8 Å². The van der Waals surface area contributed by atoms with Crippen molar-refractivity contribution in [1.29, 1.82) is 0 Å². The van der Waals surface area contributed by atoms with E-state index in [0.29, 0.717) is 0 Å². The van der Waals surface area contributed by atoms with E-state index in [1.165, 1.54) is 60.6 Å². The molecule has 5 heterocycles. The summed E-state index contributed by atoms with van der Waals surface area (Å²) in [6.07, 6.45) is 0. The van der Waals surface area contributed by atoms with Gasteiger partial charge in [-0.05, 0) is 63.6 Å². The molecule has 7 aromatic carbocycles. The van der Waals surface area contributed by atoms with Crippen molar-refractivity contribution in [3.8, 4) is 0 Å². The molecule has 0 atom stereocenters. The summed E-state index contributed by atoms with van der Waals surface area (Å²) in [5.74, 6) is 0. The van der Waals surface area contributed by atoms with Gasteiger partial charge in [-0.3, -0.25) is 0 Å². The summed E-state index contributed by atoms with van der Waals surface area (Å²) in [6.45, 7) is 18.8. The molecule has 0 N–H and O–H groups in total. The Labute approximate surface area is 340 Å². The Hall–Kier alpha value is -5.98. The number of hydrogen-bond donors (Lipinski definition) is 0. The van der Waals surface area contributed by atoms with Gasteiger partial charge < -0.3 is 18.6 Å². The van der Waals surface area contributed by atoms with Gasteiger partial charge in [-0.25, -0.2) is 0 Å². The number of rotatable bonds is 2. The predicted octanol–water partition coefficient (Wildman–Crippen LogP) is 11.3. The van der Waals surface area contributed by atoms with Crippen molar-refractivity contribution in [2.24, 2.45) is 0 Å². The van der Waals surface area contributed by atoms with E-state index in [1.54, 1.807) is 0 Å². The SMILES string of the molecule is CC(C)(C)c1cccc2c1oc1c(N3c4cccc5c4B4c6c3cccc6[Si](C)(C)c3cccc(c34)N5c3cccc4c3oc3c(C(C)(C)C)cccc34)cccc12. The number of fused-ring (bicyclic) bond motifs is 6. The molecule has 0 aliphatic carbocycles. The zero-order valence-electron chi connectivity index (χ0n) is 34.4. The number of benzene rings is 7. The number of hydrogen-bond acceptors (Lipinski definition) is 4. The minimum Gasteiger partial charge on any atom is -0.454 e. The second kappa shape index (κ2) is 11.1. The fraction of sp³-hybridized carbons (Fsp3) is 0.192. The first-order chi connectivity index (χ1) is 27.8. The predicted molar refractivity (Wildman–Crippen MR) is 249 cm³/mol. The normalized spacial score (nSPS) is 15.3. The number of nitrogens with zero attached hydrogens (tertiary/aromatic N) is 2. The van der Waals surface area contributed by atoms with Gasteiger partial charge in [0.25, 0.3) is 6.71 Å². The van der Waals surface area contributed by atoms with Crippen molar-refractivity contribution in [2.45, 2.75) is 65.5 Å². The lowest BCUT2D eigenvalue weighted by Crippen LogP contribution is -2.79. The van der Waals surface area contributed by atoms with Crippen LogP contribution in [0.4, 0.5) is 34.1 Å². The Morgan fingerprint density at radius 2 is 0.724 bits per heavy atom. The summed E-state index contributed by atoms with van der Waals surface area (Å²) >= 11 is 0. The lowest BCUT2D eigenvalue weighted by molar-refractivity contribution is 0.572. The first-order valence-electron chi connectivity index (χ1n) is 20.7. The molecule has 12 rings (SSSR count). The highest BCUT2D eigenvalue weighted by atomic mass is 28.3. The maximum atomic E-state index is 7.11. The molecule has 0 fully saturated rings. The quantitative estimate of drug-likeness (QED) is 0.164. The Balaban J connectivity index is 1.18. The Morgan fingerprint density at radius 3 is 1.14 bits per heavy atom. The lowest BCUT2D eigenvalue weighted by Gasteiger charge is -2.49. The van der Waals surface area contributed by atoms with Crippen molar-refractivity contribution in [2.75, 3.05) is 9.80 Å². The van der Waals surface area contributed by atoms with Crippen molar-refractivity contribution in [1.82, 2.24) is 0 Å². The molecule has 6 heteroatoms. The van der Waals surface area contributed by atoms with Gasteiger partial charge in [0.15, 0.2) is 11.2 Å². The van der Waals surface area contributed by atoms with Crippen LogP contribution in [0.15, 0.2) is 136 Å². The largest absolute Gasteiger partial charge is 0.454 e. The number of para-hydroxylation sites is 4. The van der Waals surface area contributed by atoms with Gasteiger partial charge in [0, 0.05) is 55.4 Å². The third kappa shape index (κ3) is 4.26. The molecule has 0 unspecified atom stereocenters. The highest BCUT2D eigenvalue weighted by Gasteiger charge is 2.52. The van der Waals surface area contributed by atoms with Gasteiger partial charge >= 0.3 is 0 Å². The molecule has 4 nitrogen and oxygen atoms in total. The van der Waals surface area contributed by atoms with Crippen LogP contribution >= 0.6 is 0 Å². The van der Waals surface area contributed by atoms with Crippen LogP contribution in [0.2, 0.25) is 13.1 Å². The van der Waals surface area contributed by atoms with Crippen molar-refractivity contribution in [3.05, 3.63) is 139 Å². The van der Waals surface area contributed by atoms with Crippen LogP contribution in [0.5, 0.6) is 0 Å². The van der Waals surface area contributed by atoms with E-state index in [-0.39, 0.29) is 17.5 Å². The fourth-order valence-corrected chi connectivity index (χ4v) is 14.1. The van der Waals surface area contributed by atoms with Crippen LogP contribution < -0.4 is 36.6 Å². The summed E-state index contributed by atoms with van der Waals surface area (Å²) in [4.78, 5) is 5.04. The van der Waals surface area contributed by atoms with E-state index in [2.05, 4.69) is 192 Å². The van der Waals surface area contributed by atoms with Crippen molar-refractivity contribution < 1.29 is 8.83 Å². The number of anilines is 6. The molecule has 0 spiro atoms. The highest BCUT2D eigenvalue weighted by molar-refractivity contribution is 7.16. The van der Waals surface area contributed by atoms with Crippen LogP contribution in [0.25, 0.3) is 43.9 Å². The molecule has 0 radical (unpaired) electrons. The summed E-state index contributed by atoms with van der Waals surface area (Å²) in [5, 5.41) is 7.64. The van der Waals surface area contributed by atoms with Gasteiger partial charge in [0.05, 0.1) is 11.4 Å². The molecule has 2 aromatic heterocycles. The molecule has 3 aliphatic rings. The topological polar surface area (TPSA) is 32.8 Å². The average molecular weight is 769 g/mol. The van der Waals surface area contributed by atoms with Crippen LogP contribution in [0.1, 0.15) is 52.7 Å². The van der Waals surface area contributed by atoms with E-state index in [1.807, 2.05) is 0 Å². The van der Waals surface area contributed by atoms with Crippen LogP contribution in [0.3, 0.4) is 0 Å². The number of furan rings is 2. The zero-order valence-corrected chi connectivity index (χ0v) is 35.4. The van der Waals surface area contributed by atoms with E-state index >= 15 is 0 Å². The molecule has 3 aliphatic heterocycles. The van der Waals surface area contributed by atoms with E-state index in [0.717, 1.165) is 55.3 Å². The Bertz CT molecular complexity index is 3050. The molecule has 9 aromatic rings. The minimum absolute atomic E-state index is 0.0648. The first-order valence-corrected chi connectivity index (χ1v) is 23.7. The molecule has 282 valence electrons.